The number of nitrogens with zero attached hydrogens (tertiary/aromatic N) is 2. The Morgan fingerprint density at radius 2 is 1.52 bits per heavy atom. The van der Waals surface area contributed by atoms with Gasteiger partial charge in [0.05, 0.1) is 41.4 Å². The Morgan fingerprint density at radius 1 is 0.870 bits per heavy atom. The number of ketones is 1. The van der Waals surface area contributed by atoms with Gasteiger partial charge in [-0.25, -0.2) is 9.78 Å². The zero-order chi connectivity index (χ0) is 31.9. The van der Waals surface area contributed by atoms with Crippen LogP contribution in [0.1, 0.15) is 39.6 Å². The molecule has 1 saturated heterocycles. The minimum absolute atomic E-state index is 0.102. The lowest BCUT2D eigenvalue weighted by Gasteiger charge is -2.37. The molecule has 0 N–H and O–H groups in total. The normalized spacial score (nSPS) is 26.1. The molecule has 2 amide bonds. The van der Waals surface area contributed by atoms with Crippen LogP contribution >= 0.6 is 0 Å². The summed E-state index contributed by atoms with van der Waals surface area (Å²) in [5.74, 6) is 0.355. The predicted molar refractivity (Wildman–Crippen MR) is 171 cm³/mol. The highest BCUT2D eigenvalue weighted by Crippen LogP contribution is 2.65. The molecular weight excluding hydrogens is 580 g/mol. The van der Waals surface area contributed by atoms with Crippen molar-refractivity contribution in [2.24, 2.45) is 35.5 Å². The molecule has 7 unspecified atom stereocenters. The maximum atomic E-state index is 13.6. The molecule has 7 atom stereocenters. The molecule has 2 heterocycles. The van der Waals surface area contributed by atoms with Gasteiger partial charge in [0.15, 0.2) is 6.10 Å². The van der Waals surface area contributed by atoms with Crippen molar-refractivity contribution in [3.63, 3.8) is 0 Å². The van der Waals surface area contributed by atoms with Crippen molar-refractivity contribution in [2.45, 2.75) is 26.4 Å². The van der Waals surface area contributed by atoms with Crippen LogP contribution in [-0.4, -0.2) is 41.8 Å². The van der Waals surface area contributed by atoms with Crippen LogP contribution in [0.4, 0.5) is 5.69 Å². The van der Waals surface area contributed by atoms with Crippen LogP contribution in [0.25, 0.3) is 22.2 Å². The lowest BCUT2D eigenvalue weighted by atomic mass is 9.63. The summed E-state index contributed by atoms with van der Waals surface area (Å²) in [5.41, 5.74) is 4.03. The summed E-state index contributed by atoms with van der Waals surface area (Å²) < 4.78 is 10.9. The van der Waals surface area contributed by atoms with E-state index in [4.69, 9.17) is 14.5 Å². The average Bonchev–Trinajstić information content (AvgIpc) is 3.86. The Labute approximate surface area is 266 Å². The van der Waals surface area contributed by atoms with Crippen molar-refractivity contribution < 1.29 is 28.7 Å². The molecule has 2 saturated carbocycles. The molecule has 0 spiro atoms. The van der Waals surface area contributed by atoms with E-state index in [1.165, 1.54) is 4.90 Å². The summed E-state index contributed by atoms with van der Waals surface area (Å²) in [5, 5.41) is 0.617. The first-order chi connectivity index (χ1) is 22.2. The van der Waals surface area contributed by atoms with Gasteiger partial charge in [0.1, 0.15) is 5.75 Å². The fourth-order valence-corrected chi connectivity index (χ4v) is 7.92. The van der Waals surface area contributed by atoms with Crippen LogP contribution in [0.15, 0.2) is 84.9 Å². The number of pyridine rings is 1. The fraction of sp³-hybridized carbons (Fsp3) is 0.289. The molecule has 230 valence electrons. The molecule has 8 nitrogen and oxygen atoms in total. The number of carbonyl (C=O) groups excluding carboxylic acids is 4. The van der Waals surface area contributed by atoms with Crippen molar-refractivity contribution in [1.29, 1.82) is 0 Å². The zero-order valence-electron chi connectivity index (χ0n) is 25.7. The lowest BCUT2D eigenvalue weighted by molar-refractivity contribution is -0.124. The molecule has 4 aromatic rings. The Kier molecular flexibility index (Phi) is 6.46. The summed E-state index contributed by atoms with van der Waals surface area (Å²) in [7, 11) is 1.55. The molecule has 8 heteroatoms. The van der Waals surface area contributed by atoms with Gasteiger partial charge in [0, 0.05) is 16.5 Å². The number of hydrogen-bond donors (Lipinski definition) is 0. The number of anilines is 1. The van der Waals surface area contributed by atoms with Crippen molar-refractivity contribution in [2.75, 3.05) is 12.0 Å². The van der Waals surface area contributed by atoms with Crippen LogP contribution in [0.2, 0.25) is 0 Å². The molecule has 3 aromatic carbocycles. The van der Waals surface area contributed by atoms with E-state index in [2.05, 4.69) is 12.2 Å². The minimum Gasteiger partial charge on any atom is -0.497 e. The highest BCUT2D eigenvalue weighted by atomic mass is 16.5. The van der Waals surface area contributed by atoms with Gasteiger partial charge in [0.25, 0.3) is 0 Å². The smallest absolute Gasteiger partial charge is 0.339 e. The van der Waals surface area contributed by atoms with Crippen molar-refractivity contribution in [1.82, 2.24) is 4.98 Å². The Bertz CT molecular complexity index is 1950. The number of imide groups is 1. The number of esters is 1. The lowest BCUT2D eigenvalue weighted by Crippen LogP contribution is -2.40. The maximum Gasteiger partial charge on any atom is 0.339 e. The summed E-state index contributed by atoms with van der Waals surface area (Å²) in [4.78, 5) is 60.0. The summed E-state index contributed by atoms with van der Waals surface area (Å²) >= 11 is 0. The highest BCUT2D eigenvalue weighted by molar-refractivity contribution is 6.22. The topological polar surface area (TPSA) is 103 Å². The Morgan fingerprint density at radius 3 is 2.15 bits per heavy atom. The Balaban J connectivity index is 1.07. The first kappa shape index (κ1) is 28.4. The van der Waals surface area contributed by atoms with E-state index in [-0.39, 0.29) is 46.8 Å². The quantitative estimate of drug-likeness (QED) is 0.106. The van der Waals surface area contributed by atoms with E-state index in [0.717, 1.165) is 12.0 Å². The second-order valence-corrected chi connectivity index (χ2v) is 12.9. The van der Waals surface area contributed by atoms with Crippen LogP contribution in [0.5, 0.6) is 5.75 Å². The van der Waals surface area contributed by atoms with Gasteiger partial charge in [0.2, 0.25) is 17.6 Å². The molecule has 9 rings (SSSR count). The van der Waals surface area contributed by atoms with Crippen molar-refractivity contribution in [3.05, 3.63) is 102 Å². The third-order valence-corrected chi connectivity index (χ3v) is 10.3. The number of benzene rings is 3. The minimum atomic E-state index is -1.02. The van der Waals surface area contributed by atoms with Gasteiger partial charge < -0.3 is 9.47 Å². The van der Waals surface area contributed by atoms with Gasteiger partial charge in [-0.05, 0) is 98.5 Å². The molecule has 1 aliphatic heterocycles. The van der Waals surface area contributed by atoms with Gasteiger partial charge in [-0.3, -0.25) is 19.3 Å². The highest BCUT2D eigenvalue weighted by Gasteiger charge is 2.67. The molecule has 5 aliphatic rings. The third kappa shape index (κ3) is 4.38. The first-order valence-electron chi connectivity index (χ1n) is 15.7. The number of ether oxygens (including phenoxy) is 2. The predicted octanol–water partition coefficient (Wildman–Crippen LogP) is 6.20. The number of aromatic nitrogens is 1. The third-order valence-electron chi connectivity index (χ3n) is 10.3. The van der Waals surface area contributed by atoms with E-state index in [1.807, 2.05) is 37.3 Å². The van der Waals surface area contributed by atoms with E-state index in [9.17, 15) is 19.2 Å². The number of methoxy groups -OCH3 is 1. The summed E-state index contributed by atoms with van der Waals surface area (Å²) in [6.45, 7) is 3.49. The van der Waals surface area contributed by atoms with E-state index < -0.39 is 12.1 Å². The summed E-state index contributed by atoms with van der Waals surface area (Å²) in [6, 6.07) is 21.1. The van der Waals surface area contributed by atoms with Crippen molar-refractivity contribution >= 4 is 40.2 Å². The van der Waals surface area contributed by atoms with Gasteiger partial charge in [-0.15, -0.1) is 0 Å². The monoisotopic (exact) mass is 612 g/mol. The fourth-order valence-electron chi connectivity index (χ4n) is 7.92. The number of fused-ring (bicyclic) bond motifs is 1. The largest absolute Gasteiger partial charge is 0.497 e. The van der Waals surface area contributed by atoms with Crippen LogP contribution in [0.3, 0.4) is 0 Å². The SMILES string of the molecule is COc1ccc(C(=O)C(C)OC(=O)c2cc(-c3ccc(N4C(=O)C5C6C=CC(C7CC67)C5C4=O)cc3)nc3ccc(C)cc23)cc1. The van der Waals surface area contributed by atoms with E-state index in [1.54, 1.807) is 56.5 Å². The van der Waals surface area contributed by atoms with E-state index >= 15 is 0 Å². The molecule has 4 aliphatic carbocycles. The second kappa shape index (κ2) is 10.5. The standard InChI is InChI=1S/C38H32N2O6/c1-19-4-15-31-29(16-19)30(38(44)46-20(2)35(41)22-7-11-24(45-3)12-8-22)18-32(39-31)21-5-9-23(10-6-21)40-36(42)33-25-13-14-26(28-17-27(25)28)34(33)37(40)43/h4-16,18,20,25-28,33-34H,17H2,1-3H3. The molecular formula is C38H32N2O6. The number of carbonyl (C=O) groups is 4. The van der Waals surface area contributed by atoms with Gasteiger partial charge >= 0.3 is 5.97 Å². The number of Topliss-reactive ketones (excluding diaryl/α,β-unsaturated/α-hetero) is 1. The number of rotatable bonds is 7. The van der Waals surface area contributed by atoms with Gasteiger partial charge in [-0.1, -0.05) is 35.9 Å². The second-order valence-electron chi connectivity index (χ2n) is 12.9. The van der Waals surface area contributed by atoms with Crippen LogP contribution in [0, 0.1) is 42.4 Å². The van der Waals surface area contributed by atoms with Crippen LogP contribution < -0.4 is 9.64 Å². The molecule has 0 radical (unpaired) electrons. The number of allylic oxidation sites excluding steroid dienone is 2. The maximum absolute atomic E-state index is 13.6. The Hall–Kier alpha value is -5.11. The van der Waals surface area contributed by atoms with E-state index in [0.29, 0.717) is 51.0 Å². The average molecular weight is 613 g/mol. The van der Waals surface area contributed by atoms with Crippen LogP contribution in [-0.2, 0) is 14.3 Å². The number of amides is 2. The number of hydrogen-bond acceptors (Lipinski definition) is 7. The zero-order valence-corrected chi connectivity index (χ0v) is 25.7. The number of aryl methyl sites for hydroxylation is 1. The molecule has 46 heavy (non-hydrogen) atoms. The van der Waals surface area contributed by atoms with Gasteiger partial charge in [-0.2, -0.15) is 0 Å². The van der Waals surface area contributed by atoms with Crippen molar-refractivity contribution in [3.8, 4) is 17.0 Å². The first-order valence-corrected chi connectivity index (χ1v) is 15.7. The summed E-state index contributed by atoms with van der Waals surface area (Å²) in [6.07, 6.45) is 4.44. The molecule has 3 fully saturated rings. The molecule has 1 aromatic heterocycles. The molecule has 2 bridgehead atoms.